The van der Waals surface area contributed by atoms with Crippen LogP contribution in [0.4, 0.5) is 11.4 Å². The molecule has 2 atom stereocenters. The molecule has 6 nitrogen and oxygen atoms in total. The Morgan fingerprint density at radius 3 is 2.46 bits per heavy atom. The van der Waals surface area contributed by atoms with Gasteiger partial charge in [-0.1, -0.05) is 49.0 Å². The Morgan fingerprint density at radius 2 is 1.78 bits per heavy atom. The van der Waals surface area contributed by atoms with E-state index in [2.05, 4.69) is 28.6 Å². The van der Waals surface area contributed by atoms with E-state index in [1.807, 2.05) is 73.7 Å². The first-order chi connectivity index (χ1) is 17.9. The summed E-state index contributed by atoms with van der Waals surface area (Å²) in [7, 11) is 0. The minimum Gasteiger partial charge on any atom is -0.325 e. The van der Waals surface area contributed by atoms with Gasteiger partial charge in [0, 0.05) is 38.3 Å². The van der Waals surface area contributed by atoms with Gasteiger partial charge in [0.15, 0.2) is 0 Å². The van der Waals surface area contributed by atoms with E-state index in [1.165, 1.54) is 11.8 Å². The Morgan fingerprint density at radius 1 is 1.03 bits per heavy atom. The Labute approximate surface area is 225 Å². The standard InChI is InChI=1S/C29H28N4O2S2/c1-4-20-9-8-12-22(15-20)32-25(34)17-36-29-23(16-30)27(24-14-13-18(2)37-24)26(19(3)31-29)28(35)33-21-10-6-5-7-11-21/h5-15,23,27H,4,17H2,1-3H3,(H,32,34)(H,33,35). The molecule has 2 unspecified atom stereocenters. The van der Waals surface area contributed by atoms with E-state index in [0.29, 0.717) is 22.0 Å². The fourth-order valence-electron chi connectivity index (χ4n) is 4.24. The molecule has 1 aliphatic rings. The predicted molar refractivity (Wildman–Crippen MR) is 153 cm³/mol. The number of rotatable bonds is 7. The number of amides is 2. The molecule has 2 aromatic carbocycles. The lowest BCUT2D eigenvalue weighted by Gasteiger charge is -2.29. The summed E-state index contributed by atoms with van der Waals surface area (Å²) >= 11 is 2.81. The smallest absolute Gasteiger partial charge is 0.254 e. The number of nitrogens with one attached hydrogen (secondary N) is 2. The number of thioether (sulfide) groups is 1. The van der Waals surface area contributed by atoms with E-state index >= 15 is 0 Å². The lowest BCUT2D eigenvalue weighted by molar-refractivity contribution is -0.114. The molecule has 0 radical (unpaired) electrons. The monoisotopic (exact) mass is 528 g/mol. The number of hydrogen-bond acceptors (Lipinski definition) is 6. The average Bonchev–Trinajstić information content (AvgIpc) is 3.33. The van der Waals surface area contributed by atoms with Crippen molar-refractivity contribution in [2.75, 3.05) is 16.4 Å². The van der Waals surface area contributed by atoms with Crippen LogP contribution in [0.5, 0.6) is 0 Å². The lowest BCUT2D eigenvalue weighted by Crippen LogP contribution is -2.31. The van der Waals surface area contributed by atoms with Gasteiger partial charge in [-0.3, -0.25) is 9.59 Å². The zero-order chi connectivity index (χ0) is 26.4. The maximum atomic E-state index is 13.4. The first kappa shape index (κ1) is 26.4. The van der Waals surface area contributed by atoms with Crippen LogP contribution in [-0.2, 0) is 16.0 Å². The summed E-state index contributed by atoms with van der Waals surface area (Å²) in [5.41, 5.74) is 3.59. The zero-order valence-corrected chi connectivity index (χ0v) is 22.6. The molecule has 0 saturated heterocycles. The number of para-hydroxylation sites is 1. The van der Waals surface area contributed by atoms with Crippen molar-refractivity contribution in [1.29, 1.82) is 5.26 Å². The van der Waals surface area contributed by atoms with Crippen molar-refractivity contribution in [3.05, 3.63) is 93.3 Å². The molecule has 0 bridgehead atoms. The first-order valence-electron chi connectivity index (χ1n) is 12.0. The Bertz CT molecular complexity index is 1400. The van der Waals surface area contributed by atoms with Crippen LogP contribution in [0.2, 0.25) is 0 Å². The Balaban J connectivity index is 1.59. The topological polar surface area (TPSA) is 94.3 Å². The number of anilines is 2. The normalized spacial score (nSPS) is 17.1. The molecule has 1 aromatic heterocycles. The summed E-state index contributed by atoms with van der Waals surface area (Å²) in [6.07, 6.45) is 0.883. The van der Waals surface area contributed by atoms with Crippen LogP contribution in [0.1, 0.15) is 35.1 Å². The predicted octanol–water partition coefficient (Wildman–Crippen LogP) is 6.54. The second kappa shape index (κ2) is 12.0. The van der Waals surface area contributed by atoms with E-state index in [1.54, 1.807) is 18.3 Å². The fourth-order valence-corrected chi connectivity index (χ4v) is 6.19. The molecule has 1 aliphatic heterocycles. The summed E-state index contributed by atoms with van der Waals surface area (Å²) in [4.78, 5) is 32.9. The molecule has 0 saturated carbocycles. The van der Waals surface area contributed by atoms with Crippen molar-refractivity contribution in [2.24, 2.45) is 10.9 Å². The van der Waals surface area contributed by atoms with Gasteiger partial charge in [0.05, 0.1) is 16.9 Å². The maximum Gasteiger partial charge on any atom is 0.254 e. The molecule has 188 valence electrons. The van der Waals surface area contributed by atoms with Crippen LogP contribution in [0, 0.1) is 24.2 Å². The third-order valence-corrected chi connectivity index (χ3v) is 8.16. The van der Waals surface area contributed by atoms with Crippen molar-refractivity contribution >= 4 is 51.3 Å². The van der Waals surface area contributed by atoms with Gasteiger partial charge >= 0.3 is 0 Å². The number of thiophene rings is 1. The molecule has 2 amide bonds. The van der Waals surface area contributed by atoms with E-state index in [9.17, 15) is 14.9 Å². The second-order valence-corrected chi connectivity index (χ2v) is 11.0. The summed E-state index contributed by atoms with van der Waals surface area (Å²) < 4.78 is 0. The van der Waals surface area contributed by atoms with Crippen molar-refractivity contribution in [1.82, 2.24) is 0 Å². The summed E-state index contributed by atoms with van der Waals surface area (Å²) in [5.74, 6) is -1.49. The minimum absolute atomic E-state index is 0.113. The van der Waals surface area contributed by atoms with E-state index in [4.69, 9.17) is 0 Å². The number of nitriles is 1. The number of aliphatic imine (C=N–C) groups is 1. The Hall–Kier alpha value is -3.67. The second-order valence-electron chi connectivity index (χ2n) is 8.69. The number of nitrogens with zero attached hydrogens (tertiary/aromatic N) is 2. The number of carbonyl (C=O) groups excluding carboxylic acids is 2. The van der Waals surface area contributed by atoms with Gasteiger partial charge in [0.2, 0.25) is 5.91 Å². The fraction of sp³-hybridized carbons (Fsp3) is 0.241. The maximum absolute atomic E-state index is 13.4. The number of hydrogen-bond donors (Lipinski definition) is 2. The number of carbonyl (C=O) groups is 2. The van der Waals surface area contributed by atoms with Crippen molar-refractivity contribution in [3.8, 4) is 6.07 Å². The van der Waals surface area contributed by atoms with Gasteiger partial charge in [-0.2, -0.15) is 5.26 Å². The van der Waals surface area contributed by atoms with Gasteiger partial charge < -0.3 is 10.6 Å². The van der Waals surface area contributed by atoms with Gasteiger partial charge in [-0.05, 0) is 62.2 Å². The van der Waals surface area contributed by atoms with Crippen molar-refractivity contribution < 1.29 is 9.59 Å². The quantitative estimate of drug-likeness (QED) is 0.364. The molecule has 0 aliphatic carbocycles. The minimum atomic E-state index is -0.681. The molecule has 2 heterocycles. The molecule has 8 heteroatoms. The molecule has 4 rings (SSSR count). The van der Waals surface area contributed by atoms with E-state index in [-0.39, 0.29) is 17.6 Å². The Kier molecular flexibility index (Phi) is 8.59. The van der Waals surface area contributed by atoms with E-state index in [0.717, 1.165) is 27.4 Å². The van der Waals surface area contributed by atoms with Gasteiger partial charge in [0.1, 0.15) is 5.92 Å². The molecule has 2 N–H and O–H groups in total. The van der Waals surface area contributed by atoms with Crippen LogP contribution >= 0.6 is 23.1 Å². The summed E-state index contributed by atoms with van der Waals surface area (Å²) in [6, 6.07) is 23.3. The molecule has 0 spiro atoms. The SMILES string of the molecule is CCc1cccc(NC(=O)CSC2=NC(C)=C(C(=O)Nc3ccccc3)C(c3ccc(C)s3)C2C#N)c1. The van der Waals surface area contributed by atoms with Crippen LogP contribution < -0.4 is 10.6 Å². The summed E-state index contributed by atoms with van der Waals surface area (Å²) in [6.45, 7) is 5.86. The van der Waals surface area contributed by atoms with Gasteiger partial charge in [0.25, 0.3) is 5.91 Å². The molecular weight excluding hydrogens is 500 g/mol. The third kappa shape index (κ3) is 6.37. The molecule has 0 fully saturated rings. The highest BCUT2D eigenvalue weighted by molar-refractivity contribution is 8.14. The highest BCUT2D eigenvalue weighted by Crippen LogP contribution is 2.43. The highest BCUT2D eigenvalue weighted by atomic mass is 32.2. The number of aryl methyl sites for hydroxylation is 2. The van der Waals surface area contributed by atoms with Gasteiger partial charge in [-0.25, -0.2) is 4.99 Å². The highest BCUT2D eigenvalue weighted by Gasteiger charge is 2.39. The van der Waals surface area contributed by atoms with Gasteiger partial charge in [-0.15, -0.1) is 11.3 Å². The zero-order valence-electron chi connectivity index (χ0n) is 20.9. The van der Waals surface area contributed by atoms with Crippen LogP contribution in [0.3, 0.4) is 0 Å². The largest absolute Gasteiger partial charge is 0.325 e. The third-order valence-electron chi connectivity index (χ3n) is 6.03. The van der Waals surface area contributed by atoms with Crippen molar-refractivity contribution in [3.63, 3.8) is 0 Å². The summed E-state index contributed by atoms with van der Waals surface area (Å²) in [5, 5.41) is 16.7. The lowest BCUT2D eigenvalue weighted by atomic mass is 9.82. The van der Waals surface area contributed by atoms with Crippen LogP contribution in [0.15, 0.2) is 83.0 Å². The molecule has 37 heavy (non-hydrogen) atoms. The van der Waals surface area contributed by atoms with Crippen LogP contribution in [0.25, 0.3) is 0 Å². The van der Waals surface area contributed by atoms with E-state index < -0.39 is 11.8 Å². The number of allylic oxidation sites excluding steroid dienone is 1. The molecular formula is C29H28N4O2S2. The molecule has 3 aromatic rings. The first-order valence-corrected chi connectivity index (χ1v) is 13.8. The number of benzene rings is 2. The average molecular weight is 529 g/mol. The van der Waals surface area contributed by atoms with Crippen molar-refractivity contribution in [2.45, 2.75) is 33.1 Å². The van der Waals surface area contributed by atoms with Crippen LogP contribution in [-0.4, -0.2) is 22.6 Å².